The molecule has 10 amide bonds. The van der Waals surface area contributed by atoms with Crippen molar-refractivity contribution in [3.8, 4) is 22.0 Å². The van der Waals surface area contributed by atoms with Crippen LogP contribution in [-0.2, 0) is 35.3 Å². The Balaban J connectivity index is 1.16. The number of aliphatic carboxylic acids is 1. The Kier molecular flexibility index (Phi) is 20.0. The lowest BCUT2D eigenvalue weighted by Gasteiger charge is -2.20. The number of pyridine rings is 1. The van der Waals surface area contributed by atoms with Gasteiger partial charge in [0.1, 0.15) is 71.3 Å². The minimum atomic E-state index is -1.63. The number of aromatic nitrogens is 6. The Morgan fingerprint density at radius 1 is 0.736 bits per heavy atom. The predicted octanol–water partition coefficient (Wildman–Crippen LogP) is 1.79. The summed E-state index contributed by atoms with van der Waals surface area (Å²) in [6, 6.07) is 0.162. The molecule has 0 fully saturated rings. The number of carbonyl (C=O) groups excluding carboxylic acids is 10. The van der Waals surface area contributed by atoms with Crippen LogP contribution in [0, 0.1) is 0 Å². The first-order valence-corrected chi connectivity index (χ1v) is 27.4. The molecule has 1 aliphatic rings. The van der Waals surface area contributed by atoms with Gasteiger partial charge in [-0.2, -0.15) is 0 Å². The number of hydrogen-bond acceptors (Lipinski definition) is 23. The molecule has 0 spiro atoms. The van der Waals surface area contributed by atoms with E-state index in [1.54, 1.807) is 13.8 Å². The molecule has 0 saturated carbocycles. The predicted molar refractivity (Wildman–Crippen MR) is 308 cm³/mol. The molecule has 0 aliphatic carbocycles. The third-order valence-corrected chi connectivity index (χ3v) is 14.4. The number of nitrogens with zero attached hydrogens (tertiary/aromatic N) is 6. The molecule has 12 N–H and O–H groups in total. The highest BCUT2D eigenvalue weighted by atomic mass is 32.1. The summed E-state index contributed by atoms with van der Waals surface area (Å²) >= 11 is 2.78. The van der Waals surface area contributed by atoms with Crippen LogP contribution in [0.1, 0.15) is 106 Å². The quantitative estimate of drug-likeness (QED) is 0.0823. The standard InChI is InChI=1S/C53H48N16O15S3/c1-10-11-30-50-56-14-33(84-50)45(77)55-17-36-54-15-34(86-36)46(78)63-25(7)51-57-16-35(87-51)47(79)61-23(5)41(73)62-24(6)49-67-31(18-83-49)38-28(52-68-32(19-85-52)44(76)69-37(27(9)70)48(80)66-30)12-13-29(65-38)43(75)60-22(4)40(72)58-20(2)39(71)59-21(3)42(74)64-26(8)53(81)82/h11-16,18-19,25,27,37,70H,2-6,8,10,17H2,1,7,9H3,(H,55,77)(H,58,72)(H,59,71)(H,60,75)(H,61,79)(H,62,73)(H,63,78)(H,64,74)(H,66,80)(H,69,76)(H,81,82)/b30-11-. The molecular formula is C53H48N16O15S3. The van der Waals surface area contributed by atoms with Crippen LogP contribution in [0.2, 0.25) is 0 Å². The molecule has 0 radical (unpaired) electrons. The molecule has 7 heterocycles. The smallest absolute Gasteiger partial charge is 0.351 e. The highest BCUT2D eigenvalue weighted by Gasteiger charge is 2.31. The maximum atomic E-state index is 13.9. The summed E-state index contributed by atoms with van der Waals surface area (Å²) in [5.74, 6) is -11.8. The number of rotatable bonds is 11. The van der Waals surface area contributed by atoms with E-state index in [0.717, 1.165) is 46.5 Å². The number of hydrogen-bond donors (Lipinski definition) is 12. The van der Waals surface area contributed by atoms with Crippen molar-refractivity contribution >= 4 is 110 Å². The fraction of sp³-hybridized carbons (Fsp3) is 0.151. The molecule has 0 saturated heterocycles. The Labute approximate surface area is 502 Å². The Morgan fingerprint density at radius 3 is 2.05 bits per heavy atom. The fourth-order valence-electron chi connectivity index (χ4n) is 6.95. The summed E-state index contributed by atoms with van der Waals surface area (Å²) in [7, 11) is 0. The van der Waals surface area contributed by atoms with Gasteiger partial charge in [-0.1, -0.05) is 52.5 Å². The van der Waals surface area contributed by atoms with Gasteiger partial charge in [-0.25, -0.2) is 34.7 Å². The van der Waals surface area contributed by atoms with Gasteiger partial charge in [0.2, 0.25) is 23.4 Å². The average Bonchev–Trinajstić information content (AvgIpc) is 2.00. The number of thiazole rings is 3. The van der Waals surface area contributed by atoms with Crippen molar-refractivity contribution in [2.75, 3.05) is 0 Å². The zero-order valence-electron chi connectivity index (χ0n) is 45.6. The summed E-state index contributed by atoms with van der Waals surface area (Å²) in [5.41, 5.74) is -4.35. The topological polar surface area (TPSA) is 452 Å². The van der Waals surface area contributed by atoms with E-state index in [9.17, 15) is 57.8 Å². The molecule has 10 bridgehead atoms. The minimum absolute atomic E-state index is 0.0174. The average molecular weight is 1250 g/mol. The van der Waals surface area contributed by atoms with Crippen molar-refractivity contribution in [1.82, 2.24) is 83.1 Å². The van der Waals surface area contributed by atoms with E-state index in [1.807, 2.05) is 10.6 Å². The highest BCUT2D eigenvalue weighted by Crippen LogP contribution is 2.34. The molecule has 87 heavy (non-hydrogen) atoms. The molecule has 31 nitrogen and oxygen atoms in total. The van der Waals surface area contributed by atoms with Gasteiger partial charge in [0, 0.05) is 10.9 Å². The molecule has 3 atom stereocenters. The number of carbonyl (C=O) groups is 11. The van der Waals surface area contributed by atoms with Crippen LogP contribution in [0.15, 0.2) is 125 Å². The van der Waals surface area contributed by atoms with E-state index >= 15 is 0 Å². The lowest BCUT2D eigenvalue weighted by molar-refractivity contribution is -0.134. The number of carboxylic acids is 1. The Hall–Kier alpha value is -11.2. The monoisotopic (exact) mass is 1240 g/mol. The first-order chi connectivity index (χ1) is 41.2. The van der Waals surface area contributed by atoms with Gasteiger partial charge in [-0.15, -0.1) is 34.0 Å². The normalized spacial score (nSPS) is 16.1. The molecule has 6 aromatic heterocycles. The molecule has 1 aliphatic heterocycles. The second kappa shape index (κ2) is 27.4. The summed E-state index contributed by atoms with van der Waals surface area (Å²) in [4.78, 5) is 170. The Morgan fingerprint density at radius 2 is 1.38 bits per heavy atom. The third kappa shape index (κ3) is 15.7. The second-order valence-electron chi connectivity index (χ2n) is 17.9. The van der Waals surface area contributed by atoms with Crippen molar-refractivity contribution in [3.05, 3.63) is 165 Å². The number of amides is 10. The number of carboxylic acid groups (broad SMARTS) is 1. The van der Waals surface area contributed by atoms with Gasteiger partial charge < -0.3 is 72.2 Å². The Bertz CT molecular complexity index is 3970. The largest absolute Gasteiger partial charge is 0.477 e. The van der Waals surface area contributed by atoms with Crippen molar-refractivity contribution in [1.29, 1.82) is 0 Å². The van der Waals surface area contributed by atoms with Gasteiger partial charge in [0.25, 0.3) is 53.2 Å². The van der Waals surface area contributed by atoms with Crippen molar-refractivity contribution in [2.24, 2.45) is 0 Å². The molecular weight excluding hydrogens is 1200 g/mol. The molecule has 0 aromatic carbocycles. The summed E-state index contributed by atoms with van der Waals surface area (Å²) < 4.78 is 11.4. The highest BCUT2D eigenvalue weighted by molar-refractivity contribution is 7.14. The molecule has 7 rings (SSSR count). The molecule has 6 aromatic rings. The van der Waals surface area contributed by atoms with Gasteiger partial charge in [-0.3, -0.25) is 47.9 Å². The van der Waals surface area contributed by atoms with Crippen molar-refractivity contribution < 1.29 is 71.8 Å². The molecule has 448 valence electrons. The molecule has 3 unspecified atom stereocenters. The lowest BCUT2D eigenvalue weighted by atomic mass is 10.1. The van der Waals surface area contributed by atoms with E-state index in [1.165, 1.54) is 42.9 Å². The van der Waals surface area contributed by atoms with E-state index in [0.29, 0.717) is 16.4 Å². The molecule has 34 heteroatoms. The second-order valence-corrected chi connectivity index (χ2v) is 20.9. The summed E-state index contributed by atoms with van der Waals surface area (Å²) in [6.45, 7) is 25.3. The SMILES string of the molecule is C=C(NC(=O)C(=C)NC(=O)C(=C)NC(=O)C(=C)NC(=O)c1ccc2c(n1)-c1coc(n1)C(=C)NC(=O)C(=C)NC(=O)c1cnc(s1)C(C)NC(=O)c1cnc(s1)CNC(=O)c1cnc(o1)/C(=C/CC)NC(=O)C(C(C)O)NC(=O)c1csc-2n1)C(=O)O. The van der Waals surface area contributed by atoms with Gasteiger partial charge in [0.15, 0.2) is 0 Å². The van der Waals surface area contributed by atoms with Crippen LogP contribution < -0.4 is 53.2 Å². The van der Waals surface area contributed by atoms with Crippen molar-refractivity contribution in [3.63, 3.8) is 0 Å². The fourth-order valence-corrected chi connectivity index (χ4v) is 9.35. The van der Waals surface area contributed by atoms with Gasteiger partial charge in [0.05, 0.1) is 65.8 Å². The summed E-state index contributed by atoms with van der Waals surface area (Å²) in [5, 5.41) is 45.1. The number of aliphatic hydroxyl groups is 1. The summed E-state index contributed by atoms with van der Waals surface area (Å²) in [6.07, 6.45) is 5.01. The van der Waals surface area contributed by atoms with E-state index in [-0.39, 0.29) is 72.9 Å². The lowest BCUT2D eigenvalue weighted by Crippen LogP contribution is -2.52. The van der Waals surface area contributed by atoms with Crippen LogP contribution >= 0.6 is 34.0 Å². The minimum Gasteiger partial charge on any atom is -0.477 e. The maximum absolute atomic E-state index is 13.9. The first-order valence-electron chi connectivity index (χ1n) is 24.8. The number of fused-ring (bicyclic) bond motifs is 13. The third-order valence-electron chi connectivity index (χ3n) is 11.4. The van der Waals surface area contributed by atoms with Crippen LogP contribution in [0.5, 0.6) is 0 Å². The van der Waals surface area contributed by atoms with Crippen LogP contribution in [-0.4, -0.2) is 117 Å². The van der Waals surface area contributed by atoms with Crippen LogP contribution in [0.3, 0.4) is 0 Å². The van der Waals surface area contributed by atoms with Crippen LogP contribution in [0.4, 0.5) is 0 Å². The van der Waals surface area contributed by atoms with Crippen molar-refractivity contribution in [2.45, 2.75) is 51.9 Å². The van der Waals surface area contributed by atoms with Crippen LogP contribution in [0.25, 0.3) is 33.4 Å². The number of nitrogens with one attached hydrogen (secondary N) is 10. The van der Waals surface area contributed by atoms with Gasteiger partial charge >= 0.3 is 5.97 Å². The van der Waals surface area contributed by atoms with E-state index in [2.05, 4.69) is 112 Å². The number of oxazole rings is 2. The van der Waals surface area contributed by atoms with E-state index < -0.39 is 117 Å². The first kappa shape index (κ1) is 63.4. The number of allylic oxidation sites excluding steroid dienone is 1. The zero-order chi connectivity index (χ0) is 63.6. The van der Waals surface area contributed by atoms with Gasteiger partial charge in [-0.05, 0) is 32.4 Å². The maximum Gasteiger partial charge on any atom is 0.351 e. The number of aliphatic hydroxyl groups excluding tert-OH is 1. The zero-order valence-corrected chi connectivity index (χ0v) is 48.1. The van der Waals surface area contributed by atoms with E-state index in [4.69, 9.17) is 13.9 Å².